The monoisotopic (exact) mass is 329 g/mol. The lowest BCUT2D eigenvalue weighted by molar-refractivity contribution is 0.113. The normalized spacial score (nSPS) is 22.1. The minimum Gasteiger partial charge on any atom is -0.310 e. The second-order valence-electron chi connectivity index (χ2n) is 5.50. The van der Waals surface area contributed by atoms with Gasteiger partial charge in [0.1, 0.15) is 0 Å². The lowest BCUT2D eigenvalue weighted by atomic mass is 10.2. The standard InChI is InChI=1S/C13H24BrN5/c1-10-13(14)12(19(4)16-10)8-15-7-11-9-17(2)5-6-18(11)3/h11,15H,5-9H2,1-4H3. The maximum Gasteiger partial charge on any atom is 0.0739 e. The largest absolute Gasteiger partial charge is 0.310 e. The Balaban J connectivity index is 1.86. The average molecular weight is 330 g/mol. The second kappa shape index (κ2) is 6.35. The van der Waals surface area contributed by atoms with E-state index in [1.807, 2.05) is 18.7 Å². The molecule has 1 saturated heterocycles. The third-order valence-corrected chi connectivity index (χ3v) is 4.95. The van der Waals surface area contributed by atoms with Crippen LogP contribution in [0.25, 0.3) is 0 Å². The summed E-state index contributed by atoms with van der Waals surface area (Å²) >= 11 is 3.61. The molecule has 0 spiro atoms. The van der Waals surface area contributed by atoms with Gasteiger partial charge in [0, 0.05) is 45.8 Å². The van der Waals surface area contributed by atoms with Crippen LogP contribution in [0.2, 0.25) is 0 Å². The Morgan fingerprint density at radius 1 is 1.32 bits per heavy atom. The zero-order valence-electron chi connectivity index (χ0n) is 12.3. The van der Waals surface area contributed by atoms with Crippen LogP contribution in [0.3, 0.4) is 0 Å². The van der Waals surface area contributed by atoms with Crippen molar-refractivity contribution in [3.05, 3.63) is 15.9 Å². The molecule has 1 aliphatic heterocycles. The molecule has 1 fully saturated rings. The number of likely N-dealkylation sites (N-methyl/N-ethyl adjacent to an activating group) is 2. The summed E-state index contributed by atoms with van der Waals surface area (Å²) in [6, 6.07) is 0.590. The first kappa shape index (κ1) is 15.0. The van der Waals surface area contributed by atoms with E-state index in [1.54, 1.807) is 0 Å². The number of nitrogens with zero attached hydrogens (tertiary/aromatic N) is 4. The van der Waals surface area contributed by atoms with E-state index in [0.29, 0.717) is 6.04 Å². The molecule has 0 bridgehead atoms. The Kier molecular flexibility index (Phi) is 5.00. The van der Waals surface area contributed by atoms with Crippen molar-refractivity contribution in [2.75, 3.05) is 40.3 Å². The van der Waals surface area contributed by atoms with Gasteiger partial charge >= 0.3 is 0 Å². The SMILES string of the molecule is Cc1nn(C)c(CNCC2CN(C)CCN2C)c1Br. The molecule has 1 N–H and O–H groups in total. The molecule has 1 aromatic heterocycles. The topological polar surface area (TPSA) is 36.3 Å². The first-order valence-electron chi connectivity index (χ1n) is 6.76. The predicted molar refractivity (Wildman–Crippen MR) is 81.3 cm³/mol. The second-order valence-corrected chi connectivity index (χ2v) is 6.29. The Morgan fingerprint density at radius 3 is 2.68 bits per heavy atom. The van der Waals surface area contributed by atoms with Crippen molar-refractivity contribution in [2.45, 2.75) is 19.5 Å². The van der Waals surface area contributed by atoms with E-state index in [-0.39, 0.29) is 0 Å². The van der Waals surface area contributed by atoms with Gasteiger partial charge in [-0.1, -0.05) is 0 Å². The van der Waals surface area contributed by atoms with E-state index >= 15 is 0 Å². The summed E-state index contributed by atoms with van der Waals surface area (Å²) in [5.74, 6) is 0. The van der Waals surface area contributed by atoms with E-state index in [4.69, 9.17) is 0 Å². The molecule has 0 aliphatic carbocycles. The van der Waals surface area contributed by atoms with E-state index in [1.165, 1.54) is 12.2 Å². The van der Waals surface area contributed by atoms with Gasteiger partial charge < -0.3 is 10.2 Å². The lowest BCUT2D eigenvalue weighted by Gasteiger charge is -2.37. The third kappa shape index (κ3) is 3.56. The summed E-state index contributed by atoms with van der Waals surface area (Å²) in [5, 5.41) is 7.97. The number of hydrogen-bond donors (Lipinski definition) is 1. The molecule has 0 aromatic carbocycles. The molecule has 2 heterocycles. The molecule has 19 heavy (non-hydrogen) atoms. The average Bonchev–Trinajstić information content (AvgIpc) is 2.60. The summed E-state index contributed by atoms with van der Waals surface area (Å²) in [6.45, 7) is 7.34. The van der Waals surface area contributed by atoms with Crippen LogP contribution in [0.5, 0.6) is 0 Å². The molecular weight excluding hydrogens is 306 g/mol. The van der Waals surface area contributed by atoms with Crippen LogP contribution in [0.15, 0.2) is 4.47 Å². The minimum atomic E-state index is 0.590. The molecule has 0 amide bonds. The molecule has 108 valence electrons. The molecule has 6 heteroatoms. The molecule has 5 nitrogen and oxygen atoms in total. The molecular formula is C13H24BrN5. The maximum absolute atomic E-state index is 4.41. The summed E-state index contributed by atoms with van der Waals surface area (Å²) in [7, 11) is 6.40. The first-order chi connectivity index (χ1) is 8.99. The smallest absolute Gasteiger partial charge is 0.0739 e. The zero-order valence-corrected chi connectivity index (χ0v) is 13.9. The van der Waals surface area contributed by atoms with Gasteiger partial charge in [0.2, 0.25) is 0 Å². The highest BCUT2D eigenvalue weighted by molar-refractivity contribution is 9.10. The maximum atomic E-state index is 4.41. The van der Waals surface area contributed by atoms with Gasteiger partial charge in [0.25, 0.3) is 0 Å². The molecule has 1 aliphatic rings. The quantitative estimate of drug-likeness (QED) is 0.887. The van der Waals surface area contributed by atoms with Gasteiger partial charge in [-0.15, -0.1) is 0 Å². The highest BCUT2D eigenvalue weighted by atomic mass is 79.9. The summed E-state index contributed by atoms with van der Waals surface area (Å²) in [6.07, 6.45) is 0. The third-order valence-electron chi connectivity index (χ3n) is 3.91. The van der Waals surface area contributed by atoms with Crippen LogP contribution in [0, 0.1) is 6.92 Å². The van der Waals surface area contributed by atoms with Gasteiger partial charge in [0.05, 0.1) is 15.9 Å². The fourth-order valence-electron chi connectivity index (χ4n) is 2.55. The molecule has 0 radical (unpaired) electrons. The van der Waals surface area contributed by atoms with E-state index in [9.17, 15) is 0 Å². The van der Waals surface area contributed by atoms with Crippen molar-refractivity contribution in [1.82, 2.24) is 24.9 Å². The van der Waals surface area contributed by atoms with E-state index < -0.39 is 0 Å². The van der Waals surface area contributed by atoms with Crippen molar-refractivity contribution >= 4 is 15.9 Å². The number of piperazine rings is 1. The van der Waals surface area contributed by atoms with Crippen molar-refractivity contribution < 1.29 is 0 Å². The molecule has 1 atom stereocenters. The number of aryl methyl sites for hydroxylation is 2. The number of rotatable bonds is 4. The Bertz CT molecular complexity index is 431. The van der Waals surface area contributed by atoms with Gasteiger partial charge in [-0.05, 0) is 36.9 Å². The highest BCUT2D eigenvalue weighted by Gasteiger charge is 2.21. The minimum absolute atomic E-state index is 0.590. The summed E-state index contributed by atoms with van der Waals surface area (Å²) in [5.41, 5.74) is 2.26. The summed E-state index contributed by atoms with van der Waals surface area (Å²) < 4.78 is 3.07. The van der Waals surface area contributed by atoms with E-state index in [0.717, 1.165) is 36.3 Å². The fourth-order valence-corrected chi connectivity index (χ4v) is 3.03. The molecule has 2 rings (SSSR count). The first-order valence-corrected chi connectivity index (χ1v) is 7.55. The van der Waals surface area contributed by atoms with Crippen LogP contribution in [0.4, 0.5) is 0 Å². The van der Waals surface area contributed by atoms with Crippen molar-refractivity contribution in [1.29, 1.82) is 0 Å². The van der Waals surface area contributed by atoms with Gasteiger partial charge in [-0.3, -0.25) is 9.58 Å². The van der Waals surface area contributed by atoms with E-state index in [2.05, 4.69) is 50.2 Å². The van der Waals surface area contributed by atoms with Crippen LogP contribution in [-0.4, -0.2) is 65.9 Å². The van der Waals surface area contributed by atoms with Crippen molar-refractivity contribution in [2.24, 2.45) is 7.05 Å². The number of nitrogens with one attached hydrogen (secondary N) is 1. The summed E-state index contributed by atoms with van der Waals surface area (Å²) in [4.78, 5) is 4.84. The van der Waals surface area contributed by atoms with Gasteiger partial charge in [0.15, 0.2) is 0 Å². The molecule has 1 unspecified atom stereocenters. The van der Waals surface area contributed by atoms with Crippen molar-refractivity contribution in [3.8, 4) is 0 Å². The molecule has 1 aromatic rings. The van der Waals surface area contributed by atoms with Gasteiger partial charge in [-0.25, -0.2) is 0 Å². The molecule has 0 saturated carbocycles. The highest BCUT2D eigenvalue weighted by Crippen LogP contribution is 2.19. The number of aromatic nitrogens is 2. The Morgan fingerprint density at radius 2 is 2.05 bits per heavy atom. The van der Waals surface area contributed by atoms with Crippen LogP contribution in [0.1, 0.15) is 11.4 Å². The van der Waals surface area contributed by atoms with Crippen molar-refractivity contribution in [3.63, 3.8) is 0 Å². The predicted octanol–water partition coefficient (Wildman–Crippen LogP) is 0.826. The van der Waals surface area contributed by atoms with Crippen LogP contribution >= 0.6 is 15.9 Å². The Hall–Kier alpha value is -0.430. The lowest BCUT2D eigenvalue weighted by Crippen LogP contribution is -2.53. The Labute approximate surface area is 124 Å². The van der Waals surface area contributed by atoms with Crippen LogP contribution < -0.4 is 5.32 Å². The number of hydrogen-bond acceptors (Lipinski definition) is 4. The number of halogens is 1. The van der Waals surface area contributed by atoms with Crippen LogP contribution in [-0.2, 0) is 13.6 Å². The zero-order chi connectivity index (χ0) is 14.0. The fraction of sp³-hybridized carbons (Fsp3) is 0.769. The van der Waals surface area contributed by atoms with Gasteiger partial charge in [-0.2, -0.15) is 5.10 Å².